The number of ketones is 1. The molecule has 1 saturated heterocycles. The molecule has 166 valence electrons. The molecule has 0 radical (unpaired) electrons. The van der Waals surface area contributed by atoms with Crippen LogP contribution in [-0.4, -0.2) is 16.8 Å². The van der Waals surface area contributed by atoms with Crippen LogP contribution in [0.15, 0.2) is 72.3 Å². The quantitative estimate of drug-likeness (QED) is 0.330. The Balaban J connectivity index is 1.71. The number of aliphatic hydroxyl groups is 1. The van der Waals surface area contributed by atoms with E-state index in [2.05, 4.69) is 0 Å². The molecule has 1 heterocycles. The van der Waals surface area contributed by atoms with Gasteiger partial charge >= 0.3 is 0 Å². The van der Waals surface area contributed by atoms with Crippen molar-refractivity contribution in [3.05, 3.63) is 106 Å². The van der Waals surface area contributed by atoms with Crippen LogP contribution in [0.5, 0.6) is 0 Å². The van der Waals surface area contributed by atoms with Gasteiger partial charge < -0.3 is 5.11 Å². The lowest BCUT2D eigenvalue weighted by atomic mass is 9.88. The van der Waals surface area contributed by atoms with Crippen molar-refractivity contribution in [3.63, 3.8) is 0 Å². The van der Waals surface area contributed by atoms with E-state index in [1.54, 1.807) is 12.1 Å². The number of Topliss-reactive ketones (excluding diaryl/α,β-unsaturated/α-hetero) is 1. The molecular weight excluding hydrogens is 424 g/mol. The molecule has 1 N–H and O–H groups in total. The van der Waals surface area contributed by atoms with E-state index in [1.807, 2.05) is 12.1 Å². The Morgan fingerprint density at radius 3 is 2.30 bits per heavy atom. The Labute approximate surface area is 189 Å². The topological polar surface area (TPSA) is 57.6 Å². The van der Waals surface area contributed by atoms with Crippen molar-refractivity contribution >= 4 is 23.1 Å². The van der Waals surface area contributed by atoms with Crippen LogP contribution in [0.2, 0.25) is 0 Å². The Morgan fingerprint density at radius 2 is 1.58 bits per heavy atom. The van der Waals surface area contributed by atoms with Crippen molar-refractivity contribution in [2.75, 3.05) is 4.90 Å². The molecule has 1 aliphatic heterocycles. The number of benzene rings is 3. The van der Waals surface area contributed by atoms with Gasteiger partial charge in [-0.3, -0.25) is 14.5 Å². The van der Waals surface area contributed by atoms with Gasteiger partial charge in [0.25, 0.3) is 11.7 Å². The number of hydrogen-bond acceptors (Lipinski definition) is 3. The second kappa shape index (κ2) is 8.28. The van der Waals surface area contributed by atoms with Crippen LogP contribution in [0.1, 0.15) is 41.1 Å². The van der Waals surface area contributed by atoms with Crippen LogP contribution in [0.3, 0.4) is 0 Å². The van der Waals surface area contributed by atoms with E-state index in [4.69, 9.17) is 0 Å². The minimum Gasteiger partial charge on any atom is -0.507 e. The summed E-state index contributed by atoms with van der Waals surface area (Å²) in [5.41, 5.74) is 2.83. The fourth-order valence-corrected chi connectivity index (χ4v) is 4.73. The summed E-state index contributed by atoms with van der Waals surface area (Å²) in [6.45, 7) is 0. The number of fused-ring (bicyclic) bond motifs is 1. The molecule has 1 atom stereocenters. The number of halogens is 2. The highest BCUT2D eigenvalue weighted by molar-refractivity contribution is 6.51. The van der Waals surface area contributed by atoms with Gasteiger partial charge in [0.1, 0.15) is 17.4 Å². The average Bonchev–Trinajstić information content (AvgIpc) is 3.09. The molecule has 4 nitrogen and oxygen atoms in total. The monoisotopic (exact) mass is 445 g/mol. The minimum absolute atomic E-state index is 0.0699. The maximum absolute atomic E-state index is 14.9. The molecule has 6 heteroatoms. The molecule has 3 aromatic rings. The third-order valence-corrected chi connectivity index (χ3v) is 6.37. The molecule has 1 amide bonds. The molecule has 33 heavy (non-hydrogen) atoms. The first-order valence-electron chi connectivity index (χ1n) is 10.9. The number of carbonyl (C=O) groups excluding carboxylic acids is 2. The van der Waals surface area contributed by atoms with Crippen LogP contribution in [0.4, 0.5) is 14.5 Å². The number of anilines is 1. The number of nitrogens with zero attached hydrogens (tertiary/aromatic N) is 1. The number of hydrogen-bond donors (Lipinski definition) is 1. The second-order valence-corrected chi connectivity index (χ2v) is 8.36. The molecule has 0 saturated carbocycles. The third kappa shape index (κ3) is 3.61. The number of aryl methyl sites for hydroxylation is 2. The van der Waals surface area contributed by atoms with Gasteiger partial charge in [0.2, 0.25) is 0 Å². The molecule has 0 bridgehead atoms. The van der Waals surface area contributed by atoms with E-state index in [-0.39, 0.29) is 22.6 Å². The Bertz CT molecular complexity index is 1300. The smallest absolute Gasteiger partial charge is 0.300 e. The van der Waals surface area contributed by atoms with Crippen LogP contribution < -0.4 is 4.90 Å². The highest BCUT2D eigenvalue weighted by atomic mass is 19.1. The van der Waals surface area contributed by atoms with Crippen molar-refractivity contribution < 1.29 is 23.5 Å². The zero-order chi connectivity index (χ0) is 23.1. The molecule has 5 rings (SSSR count). The standard InChI is InChI=1S/C27H21F2NO3/c28-19-11-13-20(14-12-19)30-24(21-7-3-4-8-22(21)29)23(26(32)27(30)33)25(31)18-10-9-16-5-1-2-6-17(16)15-18/h3-4,7-15,24,31H,1-2,5-6H2/b25-23+. The summed E-state index contributed by atoms with van der Waals surface area (Å²) in [5.74, 6) is -3.29. The minimum atomic E-state index is -1.19. The van der Waals surface area contributed by atoms with Gasteiger partial charge in [-0.15, -0.1) is 0 Å². The highest BCUT2D eigenvalue weighted by Gasteiger charge is 2.47. The van der Waals surface area contributed by atoms with Crippen molar-refractivity contribution in [1.29, 1.82) is 0 Å². The van der Waals surface area contributed by atoms with Crippen molar-refractivity contribution in [1.82, 2.24) is 0 Å². The molecule has 1 unspecified atom stereocenters. The number of aliphatic hydroxyl groups excluding tert-OH is 1. The first kappa shape index (κ1) is 21.1. The molecule has 0 spiro atoms. The Morgan fingerprint density at radius 1 is 0.879 bits per heavy atom. The lowest BCUT2D eigenvalue weighted by Crippen LogP contribution is -2.29. The van der Waals surface area contributed by atoms with Crippen LogP contribution in [0, 0.1) is 11.6 Å². The van der Waals surface area contributed by atoms with Gasteiger partial charge in [0, 0.05) is 16.8 Å². The summed E-state index contributed by atoms with van der Waals surface area (Å²) in [6, 6.07) is 15.2. The van der Waals surface area contributed by atoms with E-state index < -0.39 is 29.4 Å². The first-order valence-corrected chi connectivity index (χ1v) is 10.9. The molecular formula is C27H21F2NO3. The molecule has 0 aromatic heterocycles. The summed E-state index contributed by atoms with van der Waals surface area (Å²) in [6.07, 6.45) is 3.98. The van der Waals surface area contributed by atoms with Crippen LogP contribution in [-0.2, 0) is 22.4 Å². The van der Waals surface area contributed by atoms with Crippen LogP contribution in [0.25, 0.3) is 5.76 Å². The summed E-state index contributed by atoms with van der Waals surface area (Å²) >= 11 is 0. The van der Waals surface area contributed by atoms with E-state index in [1.165, 1.54) is 35.9 Å². The third-order valence-electron chi connectivity index (χ3n) is 6.37. The first-order chi connectivity index (χ1) is 16.0. The van der Waals surface area contributed by atoms with Gasteiger partial charge in [-0.1, -0.05) is 30.3 Å². The number of amides is 1. The second-order valence-electron chi connectivity index (χ2n) is 8.36. The normalized spacial score (nSPS) is 19.6. The van der Waals surface area contributed by atoms with Gasteiger partial charge in [0.15, 0.2) is 0 Å². The SMILES string of the molecule is O=C1C(=O)N(c2ccc(F)cc2)C(c2ccccc2F)/C1=C(\O)c1ccc2c(c1)CCCC2. The maximum Gasteiger partial charge on any atom is 0.300 e. The Kier molecular flexibility index (Phi) is 5.29. The van der Waals surface area contributed by atoms with Crippen molar-refractivity contribution in [2.24, 2.45) is 0 Å². The fraction of sp³-hybridized carbons (Fsp3) is 0.185. The zero-order valence-electron chi connectivity index (χ0n) is 17.7. The molecule has 2 aliphatic rings. The van der Waals surface area contributed by atoms with E-state index in [9.17, 15) is 23.5 Å². The predicted molar refractivity (Wildman–Crippen MR) is 121 cm³/mol. The lowest BCUT2D eigenvalue weighted by molar-refractivity contribution is -0.132. The fourth-order valence-electron chi connectivity index (χ4n) is 4.73. The predicted octanol–water partition coefficient (Wildman–Crippen LogP) is 5.47. The van der Waals surface area contributed by atoms with E-state index in [0.29, 0.717) is 5.56 Å². The van der Waals surface area contributed by atoms with Crippen LogP contribution >= 0.6 is 0 Å². The van der Waals surface area contributed by atoms with E-state index in [0.717, 1.165) is 48.3 Å². The van der Waals surface area contributed by atoms with Gasteiger partial charge in [-0.25, -0.2) is 8.78 Å². The number of carbonyl (C=O) groups is 2. The summed E-state index contributed by atoms with van der Waals surface area (Å²) in [7, 11) is 0. The van der Waals surface area contributed by atoms with Gasteiger partial charge in [-0.05, 0) is 73.2 Å². The lowest BCUT2D eigenvalue weighted by Gasteiger charge is -2.26. The molecule has 3 aromatic carbocycles. The maximum atomic E-state index is 14.9. The van der Waals surface area contributed by atoms with E-state index >= 15 is 0 Å². The van der Waals surface area contributed by atoms with Gasteiger partial charge in [-0.2, -0.15) is 0 Å². The summed E-state index contributed by atoms with van der Waals surface area (Å²) in [5, 5.41) is 11.2. The highest BCUT2D eigenvalue weighted by Crippen LogP contribution is 2.43. The van der Waals surface area contributed by atoms with Crippen molar-refractivity contribution in [2.45, 2.75) is 31.7 Å². The number of rotatable bonds is 3. The average molecular weight is 445 g/mol. The summed E-state index contributed by atoms with van der Waals surface area (Å²) in [4.78, 5) is 27.3. The van der Waals surface area contributed by atoms with Gasteiger partial charge in [0.05, 0.1) is 11.6 Å². The molecule has 1 fully saturated rings. The largest absolute Gasteiger partial charge is 0.507 e. The summed E-state index contributed by atoms with van der Waals surface area (Å²) < 4.78 is 28.4. The zero-order valence-corrected chi connectivity index (χ0v) is 17.7. The van der Waals surface area contributed by atoms with Crippen molar-refractivity contribution in [3.8, 4) is 0 Å². The Hall–Kier alpha value is -3.80. The molecule has 1 aliphatic carbocycles.